The summed E-state index contributed by atoms with van der Waals surface area (Å²) in [5.74, 6) is 0. The first-order chi connectivity index (χ1) is 4.22. The standard InChI is InChI=1S/C3H8.C2H9NO2Si/c1-3-2;1-4-6(3)5-2/h3H2,1-2H3;6H,3H2,1-2H3. The van der Waals surface area contributed by atoms with Crippen LogP contribution >= 0.6 is 0 Å². The van der Waals surface area contributed by atoms with Crippen LogP contribution in [0.1, 0.15) is 20.3 Å². The van der Waals surface area contributed by atoms with Gasteiger partial charge in [0.2, 0.25) is 0 Å². The molecule has 0 heterocycles. The van der Waals surface area contributed by atoms with Gasteiger partial charge in [0.25, 0.3) is 0 Å². The normalized spacial score (nSPS) is 8.67. The maximum Gasteiger partial charge on any atom is 0.405 e. The van der Waals surface area contributed by atoms with Crippen LogP contribution in [0, 0.1) is 0 Å². The van der Waals surface area contributed by atoms with Crippen molar-refractivity contribution >= 4 is 9.45 Å². The minimum Gasteiger partial charge on any atom is -0.389 e. The second kappa shape index (κ2) is 11.0. The van der Waals surface area contributed by atoms with Crippen molar-refractivity contribution in [1.82, 2.24) is 0 Å². The lowest BCUT2D eigenvalue weighted by Gasteiger charge is -1.99. The summed E-state index contributed by atoms with van der Waals surface area (Å²) in [7, 11) is 1.42. The van der Waals surface area contributed by atoms with E-state index < -0.39 is 9.45 Å². The number of hydrogen-bond acceptors (Lipinski definition) is 3. The van der Waals surface area contributed by atoms with Gasteiger partial charge in [0.15, 0.2) is 0 Å². The van der Waals surface area contributed by atoms with Gasteiger partial charge in [0, 0.05) is 14.2 Å². The van der Waals surface area contributed by atoms with Crippen molar-refractivity contribution in [2.24, 2.45) is 5.40 Å². The summed E-state index contributed by atoms with van der Waals surface area (Å²) in [5, 5.41) is 5.17. The Balaban J connectivity index is 0. The van der Waals surface area contributed by atoms with Gasteiger partial charge in [-0.1, -0.05) is 20.3 Å². The molecule has 0 aromatic heterocycles. The highest BCUT2D eigenvalue weighted by molar-refractivity contribution is 6.39. The third kappa shape index (κ3) is 17.9. The minimum absolute atomic E-state index is 1.25. The maximum absolute atomic E-state index is 5.17. The summed E-state index contributed by atoms with van der Waals surface area (Å²) in [6, 6.07) is 0. The molecule has 2 N–H and O–H groups in total. The Morgan fingerprint density at radius 3 is 1.44 bits per heavy atom. The van der Waals surface area contributed by atoms with E-state index in [9.17, 15) is 0 Å². The second-order valence-corrected chi connectivity index (χ2v) is 3.23. The van der Waals surface area contributed by atoms with Crippen LogP contribution in [0.2, 0.25) is 0 Å². The predicted molar refractivity (Wildman–Crippen MR) is 41.3 cm³/mol. The van der Waals surface area contributed by atoms with Crippen LogP contribution in [0.5, 0.6) is 0 Å². The van der Waals surface area contributed by atoms with Gasteiger partial charge in [-0.3, -0.25) is 0 Å². The van der Waals surface area contributed by atoms with Gasteiger partial charge in [-0.2, -0.15) is 0 Å². The van der Waals surface area contributed by atoms with Crippen LogP contribution in [0.25, 0.3) is 0 Å². The molecule has 3 nitrogen and oxygen atoms in total. The molecule has 0 saturated heterocycles. The molecule has 0 aliphatic heterocycles. The molecule has 0 fully saturated rings. The van der Waals surface area contributed by atoms with E-state index >= 15 is 0 Å². The molecular weight excluding hydrogens is 134 g/mol. The SMILES string of the molecule is CCC.CO[SiH](N)OC. The molecule has 0 aliphatic rings. The Hall–Kier alpha value is 0.0969. The molecule has 0 rings (SSSR count). The van der Waals surface area contributed by atoms with Gasteiger partial charge in [-0.15, -0.1) is 0 Å². The lowest BCUT2D eigenvalue weighted by atomic mass is 10.6. The summed E-state index contributed by atoms with van der Waals surface area (Å²) < 4.78 is 9.19. The highest BCUT2D eigenvalue weighted by Gasteiger charge is 1.95. The zero-order chi connectivity index (χ0) is 7.70. The molecule has 0 aliphatic carbocycles. The molecule has 58 valence electrons. The van der Waals surface area contributed by atoms with Gasteiger partial charge in [0.05, 0.1) is 0 Å². The Morgan fingerprint density at radius 1 is 1.22 bits per heavy atom. The summed E-state index contributed by atoms with van der Waals surface area (Å²) in [6.45, 7) is 4.25. The van der Waals surface area contributed by atoms with E-state index in [1.807, 2.05) is 0 Å². The van der Waals surface area contributed by atoms with Crippen molar-refractivity contribution in [3.8, 4) is 0 Å². The van der Waals surface area contributed by atoms with Crippen LogP contribution in [0.3, 0.4) is 0 Å². The van der Waals surface area contributed by atoms with Crippen molar-refractivity contribution in [2.75, 3.05) is 14.2 Å². The second-order valence-electron chi connectivity index (χ2n) is 1.55. The molecule has 0 saturated carbocycles. The van der Waals surface area contributed by atoms with Crippen LogP contribution in [0.4, 0.5) is 0 Å². The first kappa shape index (κ1) is 11.8. The Morgan fingerprint density at radius 2 is 1.44 bits per heavy atom. The molecule has 0 unspecified atom stereocenters. The van der Waals surface area contributed by atoms with E-state index in [1.165, 1.54) is 6.42 Å². The molecule has 0 radical (unpaired) electrons. The number of nitrogens with two attached hydrogens (primary N) is 1. The van der Waals surface area contributed by atoms with Crippen LogP contribution in [-0.2, 0) is 8.85 Å². The zero-order valence-electron chi connectivity index (χ0n) is 6.68. The van der Waals surface area contributed by atoms with E-state index in [-0.39, 0.29) is 0 Å². The molecule has 0 aromatic rings. The van der Waals surface area contributed by atoms with E-state index in [1.54, 1.807) is 14.2 Å². The quantitative estimate of drug-likeness (QED) is 0.580. The smallest absolute Gasteiger partial charge is 0.389 e. The summed E-state index contributed by atoms with van der Waals surface area (Å²) in [6.07, 6.45) is 1.25. The third-order valence-electron chi connectivity index (χ3n) is 0.465. The van der Waals surface area contributed by atoms with E-state index in [2.05, 4.69) is 22.7 Å². The van der Waals surface area contributed by atoms with Gasteiger partial charge in [-0.05, 0) is 0 Å². The molecule has 0 aromatic carbocycles. The average Bonchev–Trinajstić information content (AvgIpc) is 1.88. The highest BCUT2D eigenvalue weighted by atomic mass is 28.3. The van der Waals surface area contributed by atoms with Gasteiger partial charge >= 0.3 is 9.45 Å². The van der Waals surface area contributed by atoms with Crippen LogP contribution in [-0.4, -0.2) is 23.7 Å². The minimum atomic E-state index is -1.66. The molecule has 4 heteroatoms. The lowest BCUT2D eigenvalue weighted by Crippen LogP contribution is -2.30. The third-order valence-corrected chi connectivity index (χ3v) is 1.39. The fourth-order valence-corrected chi connectivity index (χ4v) is 0.289. The Kier molecular flexibility index (Phi) is 14.4. The summed E-state index contributed by atoms with van der Waals surface area (Å²) in [4.78, 5) is 0. The topological polar surface area (TPSA) is 44.5 Å². The lowest BCUT2D eigenvalue weighted by molar-refractivity contribution is 0.279. The highest BCUT2D eigenvalue weighted by Crippen LogP contribution is 1.67. The van der Waals surface area contributed by atoms with Gasteiger partial charge in [-0.25, -0.2) is 0 Å². The maximum atomic E-state index is 5.17. The van der Waals surface area contributed by atoms with Crippen molar-refractivity contribution in [3.05, 3.63) is 0 Å². The average molecular weight is 151 g/mol. The molecule has 0 atom stereocenters. The largest absolute Gasteiger partial charge is 0.405 e. The monoisotopic (exact) mass is 151 g/mol. The Labute approximate surface area is 59.1 Å². The molecule has 0 bridgehead atoms. The fraction of sp³-hybridized carbons (Fsp3) is 1.00. The van der Waals surface area contributed by atoms with Crippen molar-refractivity contribution < 1.29 is 8.85 Å². The zero-order valence-corrected chi connectivity index (χ0v) is 7.83. The van der Waals surface area contributed by atoms with Crippen molar-refractivity contribution in [1.29, 1.82) is 0 Å². The predicted octanol–water partition coefficient (Wildman–Crippen LogP) is 0.371. The molecule has 9 heavy (non-hydrogen) atoms. The summed E-state index contributed by atoms with van der Waals surface area (Å²) >= 11 is 0. The van der Waals surface area contributed by atoms with Crippen molar-refractivity contribution in [3.63, 3.8) is 0 Å². The molecule has 0 amide bonds. The Bertz CT molecular complexity index is 41.9. The van der Waals surface area contributed by atoms with E-state index in [0.29, 0.717) is 0 Å². The van der Waals surface area contributed by atoms with E-state index in [4.69, 9.17) is 5.40 Å². The van der Waals surface area contributed by atoms with E-state index in [0.717, 1.165) is 0 Å². The fourth-order valence-electron chi connectivity index (χ4n) is 0.0962. The molecule has 0 spiro atoms. The van der Waals surface area contributed by atoms with Gasteiger partial charge < -0.3 is 14.3 Å². The number of hydrogen-bond donors (Lipinski definition) is 1. The first-order valence-electron chi connectivity index (χ1n) is 3.04. The van der Waals surface area contributed by atoms with Crippen molar-refractivity contribution in [2.45, 2.75) is 20.3 Å². The molecular formula is C5H17NO2Si. The summed E-state index contributed by atoms with van der Waals surface area (Å²) in [5.41, 5.74) is 0. The van der Waals surface area contributed by atoms with Crippen LogP contribution < -0.4 is 5.40 Å². The van der Waals surface area contributed by atoms with Gasteiger partial charge in [0.1, 0.15) is 0 Å². The number of rotatable bonds is 2. The first-order valence-corrected chi connectivity index (χ1v) is 4.64. The van der Waals surface area contributed by atoms with Crippen LogP contribution in [0.15, 0.2) is 0 Å².